The number of benzene rings is 2. The van der Waals surface area contributed by atoms with Gasteiger partial charge in [0.1, 0.15) is 0 Å². The zero-order chi connectivity index (χ0) is 13.6. The number of carbonyl (C=O) groups excluding carboxylic acids is 2. The summed E-state index contributed by atoms with van der Waals surface area (Å²) in [6, 6.07) is 11.4. The number of hydrogen-bond donors (Lipinski definition) is 0. The van der Waals surface area contributed by atoms with Crippen LogP contribution in [0.1, 0.15) is 38.3 Å². The number of carbonyl (C=O) groups is 2. The fraction of sp³-hybridized carbons (Fsp3) is 0.176. The fourth-order valence-corrected chi connectivity index (χ4v) is 2.80. The predicted molar refractivity (Wildman–Crippen MR) is 74.6 cm³/mol. The summed E-state index contributed by atoms with van der Waals surface area (Å²) < 4.78 is 0. The molecule has 0 aliphatic heterocycles. The first-order chi connectivity index (χ1) is 9.09. The Morgan fingerprint density at radius 3 is 1.58 bits per heavy atom. The molecule has 2 aromatic carbocycles. The Morgan fingerprint density at radius 2 is 1.16 bits per heavy atom. The molecule has 0 amide bonds. The van der Waals surface area contributed by atoms with E-state index in [1.165, 1.54) is 0 Å². The minimum atomic E-state index is -0.0840. The molecule has 94 valence electrons. The van der Waals surface area contributed by atoms with Crippen LogP contribution in [0.5, 0.6) is 0 Å². The summed E-state index contributed by atoms with van der Waals surface area (Å²) in [6.45, 7) is 3.97. The second-order valence-electron chi connectivity index (χ2n) is 5.02. The van der Waals surface area contributed by atoms with Crippen molar-refractivity contribution >= 4 is 11.6 Å². The van der Waals surface area contributed by atoms with E-state index in [0.717, 1.165) is 22.3 Å². The molecule has 0 heterocycles. The largest absolute Gasteiger partial charge is 0.294 e. The van der Waals surface area contributed by atoms with E-state index in [1.807, 2.05) is 50.2 Å². The van der Waals surface area contributed by atoms with Gasteiger partial charge in [-0.2, -0.15) is 0 Å². The lowest BCUT2D eigenvalue weighted by Crippen LogP contribution is -2.05. The van der Waals surface area contributed by atoms with Gasteiger partial charge in [0.15, 0.2) is 11.6 Å². The maximum atomic E-state index is 12.2. The van der Waals surface area contributed by atoms with E-state index in [4.69, 9.17) is 0 Å². The minimum absolute atomic E-state index is 0.0348. The molecule has 0 N–H and O–H groups in total. The Morgan fingerprint density at radius 1 is 0.737 bits per heavy atom. The number of aryl methyl sites for hydroxylation is 2. The first kappa shape index (κ1) is 11.8. The van der Waals surface area contributed by atoms with Gasteiger partial charge in [0.05, 0.1) is 6.42 Å². The molecule has 1 aliphatic rings. The lowest BCUT2D eigenvalue weighted by Gasteiger charge is -2.13. The van der Waals surface area contributed by atoms with Crippen LogP contribution in [-0.4, -0.2) is 11.6 Å². The third-order valence-electron chi connectivity index (χ3n) is 3.72. The van der Waals surface area contributed by atoms with Gasteiger partial charge >= 0.3 is 0 Å². The minimum Gasteiger partial charge on any atom is -0.294 e. The highest BCUT2D eigenvalue weighted by atomic mass is 16.1. The van der Waals surface area contributed by atoms with Gasteiger partial charge in [0, 0.05) is 11.1 Å². The standard InChI is InChI=1S/C17H14O2/c1-10-5-3-7-12-14(18)9-15(19)13-8-4-6-11(2)17(13)16(10)12/h3-8H,9H2,1-2H3. The molecule has 2 aromatic rings. The molecule has 1 aliphatic carbocycles. The monoisotopic (exact) mass is 250 g/mol. The number of rotatable bonds is 0. The number of Topliss-reactive ketones (excluding diaryl/α,β-unsaturated/α-hetero) is 2. The number of ketones is 2. The summed E-state index contributed by atoms with van der Waals surface area (Å²) in [5.41, 5.74) is 5.26. The zero-order valence-electron chi connectivity index (χ0n) is 11.0. The van der Waals surface area contributed by atoms with Crippen LogP contribution < -0.4 is 0 Å². The maximum absolute atomic E-state index is 12.2. The molecular formula is C17H14O2. The van der Waals surface area contributed by atoms with Crippen LogP contribution in [0.4, 0.5) is 0 Å². The van der Waals surface area contributed by atoms with Crippen LogP contribution in [0, 0.1) is 13.8 Å². The quantitative estimate of drug-likeness (QED) is 0.667. The van der Waals surface area contributed by atoms with E-state index in [-0.39, 0.29) is 18.0 Å². The van der Waals surface area contributed by atoms with Gasteiger partial charge < -0.3 is 0 Å². The molecule has 2 nitrogen and oxygen atoms in total. The first-order valence-electron chi connectivity index (χ1n) is 6.35. The summed E-state index contributed by atoms with van der Waals surface area (Å²) in [4.78, 5) is 24.5. The number of fused-ring (bicyclic) bond motifs is 3. The highest BCUT2D eigenvalue weighted by Crippen LogP contribution is 2.36. The number of hydrogen-bond acceptors (Lipinski definition) is 2. The SMILES string of the molecule is Cc1cccc2c1-c1c(C)cccc1C(=O)CC2=O. The molecular weight excluding hydrogens is 236 g/mol. The van der Waals surface area contributed by atoms with Gasteiger partial charge in [-0.1, -0.05) is 36.4 Å². The lowest BCUT2D eigenvalue weighted by atomic mass is 9.89. The van der Waals surface area contributed by atoms with Crippen molar-refractivity contribution in [3.63, 3.8) is 0 Å². The average molecular weight is 250 g/mol. The van der Waals surface area contributed by atoms with E-state index < -0.39 is 0 Å². The molecule has 0 spiro atoms. The van der Waals surface area contributed by atoms with Gasteiger partial charge in [-0.3, -0.25) is 9.59 Å². The molecule has 0 radical (unpaired) electrons. The smallest absolute Gasteiger partial charge is 0.171 e. The van der Waals surface area contributed by atoms with E-state index in [9.17, 15) is 9.59 Å². The Hall–Kier alpha value is -2.22. The molecule has 0 saturated heterocycles. The fourth-order valence-electron chi connectivity index (χ4n) is 2.80. The van der Waals surface area contributed by atoms with Crippen molar-refractivity contribution in [3.05, 3.63) is 58.7 Å². The van der Waals surface area contributed by atoms with Crippen molar-refractivity contribution < 1.29 is 9.59 Å². The molecule has 0 aromatic heterocycles. The Bertz CT molecular complexity index is 650. The highest BCUT2D eigenvalue weighted by Gasteiger charge is 2.27. The second kappa shape index (κ2) is 4.16. The highest BCUT2D eigenvalue weighted by molar-refractivity contribution is 6.21. The van der Waals surface area contributed by atoms with Crippen LogP contribution in [0.2, 0.25) is 0 Å². The van der Waals surface area contributed by atoms with Crippen LogP contribution >= 0.6 is 0 Å². The van der Waals surface area contributed by atoms with Crippen molar-refractivity contribution in [3.8, 4) is 11.1 Å². The third kappa shape index (κ3) is 1.72. The Kier molecular flexibility index (Phi) is 2.59. The van der Waals surface area contributed by atoms with E-state index >= 15 is 0 Å². The van der Waals surface area contributed by atoms with Crippen molar-refractivity contribution in [2.45, 2.75) is 20.3 Å². The normalized spacial score (nSPS) is 13.8. The average Bonchev–Trinajstić information content (AvgIpc) is 2.48. The first-order valence-corrected chi connectivity index (χ1v) is 6.35. The molecule has 19 heavy (non-hydrogen) atoms. The molecule has 0 unspecified atom stereocenters. The van der Waals surface area contributed by atoms with Gasteiger partial charge in [-0.25, -0.2) is 0 Å². The topological polar surface area (TPSA) is 34.1 Å². The van der Waals surface area contributed by atoms with Gasteiger partial charge in [-0.15, -0.1) is 0 Å². The Labute approximate surface area is 112 Å². The molecule has 2 heteroatoms. The van der Waals surface area contributed by atoms with Gasteiger partial charge in [-0.05, 0) is 36.1 Å². The third-order valence-corrected chi connectivity index (χ3v) is 3.72. The Balaban J connectivity index is 2.48. The lowest BCUT2D eigenvalue weighted by molar-refractivity contribution is 0.0897. The summed E-state index contributed by atoms with van der Waals surface area (Å²) in [7, 11) is 0. The second-order valence-corrected chi connectivity index (χ2v) is 5.02. The van der Waals surface area contributed by atoms with Gasteiger partial charge in [0.2, 0.25) is 0 Å². The summed E-state index contributed by atoms with van der Waals surface area (Å²) >= 11 is 0. The van der Waals surface area contributed by atoms with E-state index in [1.54, 1.807) is 0 Å². The molecule has 0 atom stereocenters. The van der Waals surface area contributed by atoms with Crippen molar-refractivity contribution in [2.75, 3.05) is 0 Å². The molecule has 0 saturated carbocycles. The van der Waals surface area contributed by atoms with Gasteiger partial charge in [0.25, 0.3) is 0 Å². The molecule has 3 rings (SSSR count). The van der Waals surface area contributed by atoms with Crippen LogP contribution in [0.3, 0.4) is 0 Å². The van der Waals surface area contributed by atoms with Crippen LogP contribution in [0.15, 0.2) is 36.4 Å². The summed E-state index contributed by atoms with van der Waals surface area (Å²) in [6.07, 6.45) is -0.0348. The maximum Gasteiger partial charge on any atom is 0.171 e. The van der Waals surface area contributed by atoms with Crippen molar-refractivity contribution in [2.24, 2.45) is 0 Å². The predicted octanol–water partition coefficient (Wildman–Crippen LogP) is 3.74. The van der Waals surface area contributed by atoms with E-state index in [0.29, 0.717) is 11.1 Å². The van der Waals surface area contributed by atoms with Crippen molar-refractivity contribution in [1.29, 1.82) is 0 Å². The van der Waals surface area contributed by atoms with E-state index in [2.05, 4.69) is 0 Å². The molecule has 0 bridgehead atoms. The van der Waals surface area contributed by atoms with Crippen molar-refractivity contribution in [1.82, 2.24) is 0 Å². The summed E-state index contributed by atoms with van der Waals surface area (Å²) in [5, 5.41) is 0. The summed E-state index contributed by atoms with van der Waals surface area (Å²) in [5.74, 6) is -0.168. The van der Waals surface area contributed by atoms with Crippen LogP contribution in [0.25, 0.3) is 11.1 Å². The van der Waals surface area contributed by atoms with Crippen LogP contribution in [-0.2, 0) is 0 Å². The molecule has 0 fully saturated rings. The zero-order valence-corrected chi connectivity index (χ0v) is 11.0.